The Bertz CT molecular complexity index is 615. The van der Waals surface area contributed by atoms with Gasteiger partial charge < -0.3 is 10.6 Å². The summed E-state index contributed by atoms with van der Waals surface area (Å²) in [5, 5.41) is 7.14. The molecule has 1 aromatic carbocycles. The molecule has 0 fully saturated rings. The van der Waals surface area contributed by atoms with Gasteiger partial charge in [-0.1, -0.05) is 51.1 Å². The molecule has 0 aliphatic rings. The van der Waals surface area contributed by atoms with Gasteiger partial charge in [0.2, 0.25) is 0 Å². The molecule has 1 aromatic heterocycles. The molecule has 2 rings (SSSR count). The zero-order valence-electron chi connectivity index (χ0n) is 14.1. The summed E-state index contributed by atoms with van der Waals surface area (Å²) in [6.45, 7) is 8.19. The molecule has 122 valence electrons. The number of benzene rings is 1. The van der Waals surface area contributed by atoms with Gasteiger partial charge in [0.05, 0.1) is 0 Å². The largest absolute Gasteiger partial charge is 0.362 e. The van der Waals surface area contributed by atoms with Crippen molar-refractivity contribution in [3.8, 4) is 0 Å². The van der Waals surface area contributed by atoms with Crippen LogP contribution in [0.1, 0.15) is 37.6 Å². The van der Waals surface area contributed by atoms with Crippen molar-refractivity contribution in [3.05, 3.63) is 65.5 Å². The monoisotopic (exact) mass is 327 g/mol. The predicted molar refractivity (Wildman–Crippen MR) is 101 cm³/mol. The Hall–Kier alpha value is -1.94. The fourth-order valence-corrected chi connectivity index (χ4v) is 2.39. The molecule has 2 aromatic rings. The van der Waals surface area contributed by atoms with Crippen LogP contribution in [0.5, 0.6) is 0 Å². The van der Waals surface area contributed by atoms with Crippen LogP contribution in [-0.2, 0) is 18.4 Å². The van der Waals surface area contributed by atoms with Gasteiger partial charge in [-0.25, -0.2) is 0 Å². The first-order chi connectivity index (χ1) is 10.9. The quantitative estimate of drug-likeness (QED) is 0.823. The molecule has 2 N–H and O–H groups in total. The van der Waals surface area contributed by atoms with E-state index in [9.17, 15) is 0 Å². The van der Waals surface area contributed by atoms with Gasteiger partial charge in [0, 0.05) is 31.4 Å². The first kappa shape index (κ1) is 17.4. The number of rotatable bonds is 5. The van der Waals surface area contributed by atoms with Crippen LogP contribution in [-0.4, -0.2) is 16.6 Å². The molecule has 3 nitrogen and oxygen atoms in total. The molecule has 0 aliphatic carbocycles. The molecule has 0 unspecified atom stereocenters. The molecule has 0 saturated carbocycles. The molecular weight excluding hydrogens is 302 g/mol. The van der Waals surface area contributed by atoms with Crippen molar-refractivity contribution in [3.63, 3.8) is 0 Å². The first-order valence-electron chi connectivity index (χ1n) is 7.96. The molecule has 0 saturated heterocycles. The molecule has 0 aliphatic heterocycles. The highest BCUT2D eigenvalue weighted by atomic mass is 32.1. The molecule has 23 heavy (non-hydrogen) atoms. The molecule has 0 bridgehead atoms. The minimum absolute atomic E-state index is 0.189. The molecule has 0 amide bonds. The Kier molecular flexibility index (Phi) is 6.11. The van der Waals surface area contributed by atoms with Crippen LogP contribution in [0, 0.1) is 0 Å². The van der Waals surface area contributed by atoms with Crippen LogP contribution in [0.15, 0.2) is 48.7 Å². The molecule has 0 atom stereocenters. The predicted octanol–water partition coefficient (Wildman–Crippen LogP) is 3.59. The van der Waals surface area contributed by atoms with Crippen molar-refractivity contribution in [1.29, 1.82) is 0 Å². The maximum absolute atomic E-state index is 5.31. The van der Waals surface area contributed by atoms with E-state index < -0.39 is 0 Å². The highest BCUT2D eigenvalue weighted by Gasteiger charge is 2.12. The molecule has 1 heterocycles. The summed E-state index contributed by atoms with van der Waals surface area (Å²) in [6, 6.07) is 14.6. The fraction of sp³-hybridized carbons (Fsp3) is 0.368. The molecule has 4 heteroatoms. The van der Waals surface area contributed by atoms with Crippen molar-refractivity contribution >= 4 is 17.3 Å². The van der Waals surface area contributed by atoms with Crippen LogP contribution >= 0.6 is 12.2 Å². The van der Waals surface area contributed by atoms with Gasteiger partial charge in [0.1, 0.15) is 0 Å². The Balaban J connectivity index is 1.72. The molecular formula is C19H25N3S. The van der Waals surface area contributed by atoms with E-state index in [2.05, 4.69) is 60.7 Å². The summed E-state index contributed by atoms with van der Waals surface area (Å²) in [5.74, 6) is 0. The van der Waals surface area contributed by atoms with Gasteiger partial charge in [-0.05, 0) is 40.9 Å². The number of hydrogen-bond acceptors (Lipinski definition) is 2. The lowest BCUT2D eigenvalue weighted by Gasteiger charge is -2.19. The van der Waals surface area contributed by atoms with Gasteiger partial charge in [-0.2, -0.15) is 0 Å². The highest BCUT2D eigenvalue weighted by Crippen LogP contribution is 2.22. The normalized spacial score (nSPS) is 11.1. The number of hydrogen-bond donors (Lipinski definition) is 2. The Morgan fingerprint density at radius 1 is 1.04 bits per heavy atom. The standard InChI is InChI=1S/C19H25N3S/c1-19(2,3)16-9-7-15(8-10-16)14-22-18(23)21-13-11-17-6-4-5-12-20-17/h4-10,12H,11,13-14H2,1-3H3,(H2,21,22,23). The van der Waals surface area contributed by atoms with Crippen LogP contribution < -0.4 is 10.6 Å². The number of nitrogens with zero attached hydrogens (tertiary/aromatic N) is 1. The lowest BCUT2D eigenvalue weighted by Crippen LogP contribution is -2.36. The van der Waals surface area contributed by atoms with E-state index in [1.54, 1.807) is 0 Å². The third-order valence-corrected chi connectivity index (χ3v) is 3.95. The van der Waals surface area contributed by atoms with Crippen LogP contribution in [0.25, 0.3) is 0 Å². The number of nitrogens with one attached hydrogen (secondary N) is 2. The minimum atomic E-state index is 0.189. The van der Waals surface area contributed by atoms with E-state index in [1.165, 1.54) is 11.1 Å². The third kappa shape index (κ3) is 5.99. The number of aromatic nitrogens is 1. The van der Waals surface area contributed by atoms with Crippen molar-refractivity contribution < 1.29 is 0 Å². The first-order valence-corrected chi connectivity index (χ1v) is 8.37. The minimum Gasteiger partial charge on any atom is -0.362 e. The lowest BCUT2D eigenvalue weighted by atomic mass is 9.87. The molecule has 0 radical (unpaired) electrons. The van der Waals surface area contributed by atoms with Crippen LogP contribution in [0.3, 0.4) is 0 Å². The van der Waals surface area contributed by atoms with Crippen molar-refractivity contribution in [1.82, 2.24) is 15.6 Å². The van der Waals surface area contributed by atoms with E-state index in [0.717, 1.165) is 25.2 Å². The maximum atomic E-state index is 5.31. The summed E-state index contributed by atoms with van der Waals surface area (Å²) in [4.78, 5) is 4.29. The van der Waals surface area contributed by atoms with Crippen LogP contribution in [0.4, 0.5) is 0 Å². The Labute approximate surface area is 144 Å². The van der Waals surface area contributed by atoms with Gasteiger partial charge in [0.15, 0.2) is 5.11 Å². The van der Waals surface area contributed by atoms with Gasteiger partial charge in [0.25, 0.3) is 0 Å². The summed E-state index contributed by atoms with van der Waals surface area (Å²) >= 11 is 5.31. The average Bonchev–Trinajstić information content (AvgIpc) is 2.53. The second-order valence-electron chi connectivity index (χ2n) is 6.63. The summed E-state index contributed by atoms with van der Waals surface area (Å²) < 4.78 is 0. The van der Waals surface area contributed by atoms with E-state index in [0.29, 0.717) is 5.11 Å². The fourth-order valence-electron chi connectivity index (χ4n) is 2.22. The Morgan fingerprint density at radius 3 is 2.39 bits per heavy atom. The van der Waals surface area contributed by atoms with E-state index >= 15 is 0 Å². The zero-order chi connectivity index (χ0) is 16.7. The number of thiocarbonyl (C=S) groups is 1. The van der Waals surface area contributed by atoms with Gasteiger partial charge >= 0.3 is 0 Å². The highest BCUT2D eigenvalue weighted by molar-refractivity contribution is 7.80. The van der Waals surface area contributed by atoms with Crippen molar-refractivity contribution in [2.75, 3.05) is 6.54 Å². The third-order valence-electron chi connectivity index (χ3n) is 3.67. The zero-order valence-corrected chi connectivity index (χ0v) is 14.9. The van der Waals surface area contributed by atoms with E-state index in [1.807, 2.05) is 24.4 Å². The summed E-state index contributed by atoms with van der Waals surface area (Å²) in [7, 11) is 0. The van der Waals surface area contributed by atoms with E-state index in [4.69, 9.17) is 12.2 Å². The topological polar surface area (TPSA) is 37.0 Å². The SMILES string of the molecule is CC(C)(C)c1ccc(CNC(=S)NCCc2ccccn2)cc1. The van der Waals surface area contributed by atoms with Crippen LogP contribution in [0.2, 0.25) is 0 Å². The van der Waals surface area contributed by atoms with Crippen molar-refractivity contribution in [2.24, 2.45) is 0 Å². The molecule has 0 spiro atoms. The second kappa shape index (κ2) is 8.06. The maximum Gasteiger partial charge on any atom is 0.166 e. The summed E-state index contributed by atoms with van der Waals surface area (Å²) in [5.41, 5.74) is 3.83. The Morgan fingerprint density at radius 2 is 1.78 bits per heavy atom. The van der Waals surface area contributed by atoms with Gasteiger partial charge in [-0.3, -0.25) is 4.98 Å². The summed E-state index contributed by atoms with van der Waals surface area (Å²) in [6.07, 6.45) is 2.68. The average molecular weight is 327 g/mol. The lowest BCUT2D eigenvalue weighted by molar-refractivity contribution is 0.590. The smallest absolute Gasteiger partial charge is 0.166 e. The van der Waals surface area contributed by atoms with Gasteiger partial charge in [-0.15, -0.1) is 0 Å². The number of pyridine rings is 1. The second-order valence-corrected chi connectivity index (χ2v) is 7.04. The van der Waals surface area contributed by atoms with E-state index in [-0.39, 0.29) is 5.41 Å². The van der Waals surface area contributed by atoms with Crippen molar-refractivity contribution in [2.45, 2.75) is 39.2 Å².